The van der Waals surface area contributed by atoms with Crippen molar-refractivity contribution in [1.29, 1.82) is 0 Å². The van der Waals surface area contributed by atoms with Gasteiger partial charge in [-0.25, -0.2) is 0 Å². The summed E-state index contributed by atoms with van der Waals surface area (Å²) in [6, 6.07) is 6.45. The highest BCUT2D eigenvalue weighted by Crippen LogP contribution is 2.33. The molecule has 0 amide bonds. The van der Waals surface area contributed by atoms with Crippen molar-refractivity contribution >= 4 is 17.4 Å². The molecule has 1 atom stereocenters. The summed E-state index contributed by atoms with van der Waals surface area (Å²) in [6.07, 6.45) is 0. The van der Waals surface area contributed by atoms with Crippen LogP contribution in [0.1, 0.15) is 0 Å². The lowest BCUT2D eigenvalue weighted by Crippen LogP contribution is -2.46. The summed E-state index contributed by atoms with van der Waals surface area (Å²) in [5, 5.41) is 0. The van der Waals surface area contributed by atoms with Gasteiger partial charge in [-0.2, -0.15) is 11.8 Å². The molecule has 1 aliphatic rings. The monoisotopic (exact) mass is 268 g/mol. The Bertz CT molecular complexity index is 401. The number of methoxy groups -OCH3 is 2. The van der Waals surface area contributed by atoms with E-state index in [1.54, 1.807) is 14.2 Å². The Hall–Kier alpha value is -1.07. The van der Waals surface area contributed by atoms with E-state index in [1.807, 2.05) is 23.9 Å². The molecule has 4 nitrogen and oxygen atoms in total. The molecule has 1 aromatic carbocycles. The second kappa shape index (κ2) is 6.20. The number of nitrogens with two attached hydrogens (primary N) is 1. The van der Waals surface area contributed by atoms with E-state index in [0.717, 1.165) is 35.2 Å². The van der Waals surface area contributed by atoms with E-state index in [-0.39, 0.29) is 0 Å². The van der Waals surface area contributed by atoms with Gasteiger partial charge in [-0.3, -0.25) is 0 Å². The Morgan fingerprint density at radius 3 is 2.78 bits per heavy atom. The Morgan fingerprint density at radius 2 is 2.11 bits per heavy atom. The van der Waals surface area contributed by atoms with Gasteiger partial charge in [-0.05, 0) is 12.1 Å². The van der Waals surface area contributed by atoms with Gasteiger partial charge in [0.1, 0.15) is 0 Å². The van der Waals surface area contributed by atoms with Crippen LogP contribution in [0.2, 0.25) is 0 Å². The van der Waals surface area contributed by atoms with Crippen molar-refractivity contribution in [1.82, 2.24) is 0 Å². The number of ether oxygens (including phenoxy) is 2. The molecule has 0 spiro atoms. The summed E-state index contributed by atoms with van der Waals surface area (Å²) in [7, 11) is 3.31. The topological polar surface area (TPSA) is 47.7 Å². The Kier molecular flexibility index (Phi) is 4.60. The van der Waals surface area contributed by atoms with Crippen molar-refractivity contribution in [2.75, 3.05) is 43.7 Å². The summed E-state index contributed by atoms with van der Waals surface area (Å²) in [4.78, 5) is 2.36. The average Bonchev–Trinajstić information content (AvgIpc) is 2.46. The van der Waals surface area contributed by atoms with Crippen molar-refractivity contribution in [3.63, 3.8) is 0 Å². The zero-order valence-corrected chi connectivity index (χ0v) is 11.7. The zero-order chi connectivity index (χ0) is 13.0. The van der Waals surface area contributed by atoms with Crippen LogP contribution >= 0.6 is 11.8 Å². The van der Waals surface area contributed by atoms with Gasteiger partial charge in [0.05, 0.1) is 20.3 Å². The molecule has 0 aromatic heterocycles. The Morgan fingerprint density at radius 1 is 1.33 bits per heavy atom. The molecule has 5 heteroatoms. The maximum Gasteiger partial charge on any atom is 0.162 e. The summed E-state index contributed by atoms with van der Waals surface area (Å²) in [5.41, 5.74) is 7.00. The zero-order valence-electron chi connectivity index (χ0n) is 10.9. The summed E-state index contributed by atoms with van der Waals surface area (Å²) in [5.74, 6) is 3.76. The first-order valence-corrected chi connectivity index (χ1v) is 7.22. The van der Waals surface area contributed by atoms with E-state index < -0.39 is 0 Å². The number of hydrogen-bond acceptors (Lipinski definition) is 5. The number of anilines is 1. The minimum absolute atomic E-state index is 0.404. The number of nitrogens with zero attached hydrogens (tertiary/aromatic N) is 1. The molecule has 0 radical (unpaired) electrons. The lowest BCUT2D eigenvalue weighted by Gasteiger charge is -2.36. The lowest BCUT2D eigenvalue weighted by atomic mass is 10.2. The Balaban J connectivity index is 2.26. The number of benzene rings is 1. The molecular weight excluding hydrogens is 248 g/mol. The second-order valence-corrected chi connectivity index (χ2v) is 5.35. The first kappa shape index (κ1) is 13.4. The van der Waals surface area contributed by atoms with Gasteiger partial charge in [0.25, 0.3) is 0 Å². The van der Waals surface area contributed by atoms with Crippen LogP contribution in [0.15, 0.2) is 18.2 Å². The molecule has 18 heavy (non-hydrogen) atoms. The molecule has 1 unspecified atom stereocenters. The van der Waals surface area contributed by atoms with Crippen molar-refractivity contribution in [3.8, 4) is 11.5 Å². The van der Waals surface area contributed by atoms with E-state index in [0.29, 0.717) is 12.6 Å². The van der Waals surface area contributed by atoms with Crippen LogP contribution in [0.5, 0.6) is 11.5 Å². The minimum atomic E-state index is 0.404. The van der Waals surface area contributed by atoms with Gasteiger partial charge in [-0.1, -0.05) is 0 Å². The molecule has 1 saturated heterocycles. The first-order valence-electron chi connectivity index (χ1n) is 6.06. The number of thioether (sulfide) groups is 1. The van der Waals surface area contributed by atoms with Crippen LogP contribution in [0.3, 0.4) is 0 Å². The van der Waals surface area contributed by atoms with Gasteiger partial charge < -0.3 is 20.1 Å². The molecule has 100 valence electrons. The van der Waals surface area contributed by atoms with Crippen LogP contribution in [0.25, 0.3) is 0 Å². The lowest BCUT2D eigenvalue weighted by molar-refractivity contribution is 0.355. The summed E-state index contributed by atoms with van der Waals surface area (Å²) < 4.78 is 10.6. The quantitative estimate of drug-likeness (QED) is 0.898. The minimum Gasteiger partial charge on any atom is -0.493 e. The van der Waals surface area contributed by atoms with Crippen LogP contribution in [-0.2, 0) is 0 Å². The molecular formula is C13H20N2O2S. The molecule has 1 fully saturated rings. The third-order valence-corrected chi connectivity index (χ3v) is 4.29. The highest BCUT2D eigenvalue weighted by Gasteiger charge is 2.22. The average molecular weight is 268 g/mol. The van der Waals surface area contributed by atoms with Gasteiger partial charge in [0.15, 0.2) is 11.5 Å². The van der Waals surface area contributed by atoms with Gasteiger partial charge in [-0.15, -0.1) is 0 Å². The number of rotatable bonds is 4. The van der Waals surface area contributed by atoms with Crippen molar-refractivity contribution in [3.05, 3.63) is 18.2 Å². The fourth-order valence-electron chi connectivity index (χ4n) is 2.19. The Labute approximate surface area is 112 Å². The van der Waals surface area contributed by atoms with E-state index in [4.69, 9.17) is 15.2 Å². The van der Waals surface area contributed by atoms with Crippen LogP contribution in [-0.4, -0.2) is 44.9 Å². The van der Waals surface area contributed by atoms with Crippen LogP contribution < -0.4 is 20.1 Å². The fraction of sp³-hybridized carbons (Fsp3) is 0.538. The van der Waals surface area contributed by atoms with E-state index in [1.165, 1.54) is 0 Å². The molecule has 0 saturated carbocycles. The van der Waals surface area contributed by atoms with Crippen molar-refractivity contribution in [2.24, 2.45) is 5.73 Å². The molecule has 2 N–H and O–H groups in total. The maximum absolute atomic E-state index is 5.85. The first-order chi connectivity index (χ1) is 8.80. The number of hydrogen-bond donors (Lipinski definition) is 1. The van der Waals surface area contributed by atoms with Gasteiger partial charge in [0, 0.05) is 36.3 Å². The third-order valence-electron chi connectivity index (χ3n) is 3.20. The van der Waals surface area contributed by atoms with E-state index in [2.05, 4.69) is 11.0 Å². The second-order valence-electron chi connectivity index (χ2n) is 4.20. The van der Waals surface area contributed by atoms with Crippen LogP contribution in [0.4, 0.5) is 5.69 Å². The van der Waals surface area contributed by atoms with Gasteiger partial charge >= 0.3 is 0 Å². The fourth-order valence-corrected chi connectivity index (χ4v) is 3.27. The van der Waals surface area contributed by atoms with Gasteiger partial charge in [0.2, 0.25) is 0 Å². The maximum atomic E-state index is 5.85. The molecule has 1 aromatic rings. The summed E-state index contributed by atoms with van der Waals surface area (Å²) in [6.45, 7) is 1.71. The predicted octanol–water partition coefficient (Wildman–Crippen LogP) is 1.58. The molecule has 0 aliphatic carbocycles. The van der Waals surface area contributed by atoms with Crippen molar-refractivity contribution in [2.45, 2.75) is 6.04 Å². The highest BCUT2D eigenvalue weighted by molar-refractivity contribution is 7.99. The van der Waals surface area contributed by atoms with Crippen molar-refractivity contribution < 1.29 is 9.47 Å². The normalized spacial score (nSPS) is 19.7. The molecule has 1 heterocycles. The van der Waals surface area contributed by atoms with Crippen LogP contribution in [0, 0.1) is 0 Å². The predicted molar refractivity (Wildman–Crippen MR) is 77.1 cm³/mol. The van der Waals surface area contributed by atoms with E-state index in [9.17, 15) is 0 Å². The smallest absolute Gasteiger partial charge is 0.162 e. The standard InChI is InChI=1S/C13H20N2O2S/c1-16-12-4-3-10(7-13(12)17-2)15-5-6-18-9-11(15)8-14/h3-4,7,11H,5-6,8-9,14H2,1-2H3. The molecule has 0 bridgehead atoms. The third kappa shape index (κ3) is 2.67. The highest BCUT2D eigenvalue weighted by atomic mass is 32.2. The molecule has 2 rings (SSSR count). The molecule has 1 aliphatic heterocycles. The SMILES string of the molecule is COc1ccc(N2CCSCC2CN)cc1OC. The largest absolute Gasteiger partial charge is 0.493 e. The summed E-state index contributed by atoms with van der Waals surface area (Å²) >= 11 is 1.97. The van der Waals surface area contributed by atoms with E-state index >= 15 is 0 Å².